The summed E-state index contributed by atoms with van der Waals surface area (Å²) in [7, 11) is 1.57. The molecule has 0 heterocycles. The van der Waals surface area contributed by atoms with E-state index in [1.807, 2.05) is 45.0 Å². The van der Waals surface area contributed by atoms with Gasteiger partial charge in [-0.1, -0.05) is 32.9 Å². The molecular formula is C23H29N3O4. The summed E-state index contributed by atoms with van der Waals surface area (Å²) < 4.78 is 10.8. The molecule has 7 nitrogen and oxygen atoms in total. The lowest BCUT2D eigenvalue weighted by Gasteiger charge is -2.18. The summed E-state index contributed by atoms with van der Waals surface area (Å²) in [5.74, 6) is -0.595. The molecule has 2 rings (SSSR count). The molecule has 2 N–H and O–H groups in total. The molecule has 0 spiro atoms. The number of methoxy groups -OCH3 is 1. The molecule has 160 valence electrons. The van der Waals surface area contributed by atoms with Crippen molar-refractivity contribution < 1.29 is 19.1 Å². The van der Waals surface area contributed by atoms with Crippen molar-refractivity contribution in [1.29, 1.82) is 0 Å². The SMILES string of the molecule is CCCOc1ccccc1C=NNC(=O)C(C(=O)Nc1ccc(OC)cc1)C(C)C. The third-order valence-electron chi connectivity index (χ3n) is 4.35. The minimum absolute atomic E-state index is 0.210. The van der Waals surface area contributed by atoms with Gasteiger partial charge in [0.2, 0.25) is 5.91 Å². The second-order valence-electron chi connectivity index (χ2n) is 7.06. The van der Waals surface area contributed by atoms with Crippen LogP contribution in [0.1, 0.15) is 32.8 Å². The number of ether oxygens (including phenoxy) is 2. The van der Waals surface area contributed by atoms with E-state index in [-0.39, 0.29) is 5.92 Å². The van der Waals surface area contributed by atoms with Gasteiger partial charge in [0.15, 0.2) is 0 Å². The Kier molecular flexibility index (Phi) is 8.87. The van der Waals surface area contributed by atoms with Crippen LogP contribution in [0.5, 0.6) is 11.5 Å². The third kappa shape index (κ3) is 6.62. The molecule has 0 bridgehead atoms. The maximum atomic E-state index is 12.7. The standard InChI is InChI=1S/C23H29N3O4/c1-5-14-30-20-9-7-6-8-17(20)15-24-26-23(28)21(16(2)3)22(27)25-18-10-12-19(29-4)13-11-18/h6-13,15-16,21H,5,14H2,1-4H3,(H,25,27)(H,26,28). The Morgan fingerprint density at radius 2 is 1.77 bits per heavy atom. The lowest BCUT2D eigenvalue weighted by atomic mass is 9.94. The van der Waals surface area contributed by atoms with Crippen LogP contribution in [-0.2, 0) is 9.59 Å². The van der Waals surface area contributed by atoms with Crippen LogP contribution < -0.4 is 20.2 Å². The van der Waals surface area contributed by atoms with E-state index in [9.17, 15) is 9.59 Å². The fourth-order valence-electron chi connectivity index (χ4n) is 2.78. The van der Waals surface area contributed by atoms with Gasteiger partial charge in [-0.2, -0.15) is 5.10 Å². The van der Waals surface area contributed by atoms with Gasteiger partial charge in [0.1, 0.15) is 17.4 Å². The first kappa shape index (κ1) is 22.9. The van der Waals surface area contributed by atoms with E-state index in [4.69, 9.17) is 9.47 Å². The zero-order valence-electron chi connectivity index (χ0n) is 17.8. The van der Waals surface area contributed by atoms with Crippen LogP contribution in [0.4, 0.5) is 5.69 Å². The number of nitrogens with zero attached hydrogens (tertiary/aromatic N) is 1. The Bertz CT molecular complexity index is 863. The average Bonchev–Trinajstić information content (AvgIpc) is 2.73. The quantitative estimate of drug-likeness (QED) is 0.353. The van der Waals surface area contributed by atoms with Crippen LogP contribution in [0.3, 0.4) is 0 Å². The van der Waals surface area contributed by atoms with Gasteiger partial charge in [-0.25, -0.2) is 5.43 Å². The van der Waals surface area contributed by atoms with Crippen molar-refractivity contribution in [3.05, 3.63) is 54.1 Å². The number of para-hydroxylation sites is 1. The smallest absolute Gasteiger partial charge is 0.252 e. The largest absolute Gasteiger partial charge is 0.497 e. The molecule has 30 heavy (non-hydrogen) atoms. The monoisotopic (exact) mass is 411 g/mol. The molecule has 0 fully saturated rings. The van der Waals surface area contributed by atoms with Crippen molar-refractivity contribution >= 4 is 23.7 Å². The van der Waals surface area contributed by atoms with E-state index in [2.05, 4.69) is 15.8 Å². The van der Waals surface area contributed by atoms with Crippen molar-refractivity contribution in [2.45, 2.75) is 27.2 Å². The molecule has 2 aromatic carbocycles. The molecule has 2 amide bonds. The average molecular weight is 412 g/mol. The Balaban J connectivity index is 2.03. The molecule has 0 aliphatic carbocycles. The highest BCUT2D eigenvalue weighted by molar-refractivity contribution is 6.06. The summed E-state index contributed by atoms with van der Waals surface area (Å²) in [4.78, 5) is 25.3. The molecule has 0 aliphatic heterocycles. The number of anilines is 1. The number of hydrogen-bond donors (Lipinski definition) is 2. The molecule has 2 aromatic rings. The first-order chi connectivity index (χ1) is 14.5. The van der Waals surface area contributed by atoms with E-state index in [1.165, 1.54) is 6.21 Å². The van der Waals surface area contributed by atoms with E-state index in [0.29, 0.717) is 23.8 Å². The van der Waals surface area contributed by atoms with Gasteiger partial charge in [0.25, 0.3) is 5.91 Å². The van der Waals surface area contributed by atoms with Gasteiger partial charge in [-0.15, -0.1) is 0 Å². The fraction of sp³-hybridized carbons (Fsp3) is 0.348. The fourth-order valence-corrected chi connectivity index (χ4v) is 2.78. The second kappa shape index (κ2) is 11.6. The highest BCUT2D eigenvalue weighted by atomic mass is 16.5. The second-order valence-corrected chi connectivity index (χ2v) is 7.06. The molecule has 0 saturated carbocycles. The summed E-state index contributed by atoms with van der Waals surface area (Å²) in [6.45, 7) is 6.25. The highest BCUT2D eigenvalue weighted by Crippen LogP contribution is 2.19. The molecule has 0 saturated heterocycles. The Morgan fingerprint density at radius 3 is 2.40 bits per heavy atom. The Labute approximate surface area is 177 Å². The zero-order valence-corrected chi connectivity index (χ0v) is 17.8. The summed E-state index contributed by atoms with van der Waals surface area (Å²) in [5.41, 5.74) is 3.81. The first-order valence-electron chi connectivity index (χ1n) is 9.96. The topological polar surface area (TPSA) is 89.0 Å². The summed E-state index contributed by atoms with van der Waals surface area (Å²) >= 11 is 0. The van der Waals surface area contributed by atoms with Gasteiger partial charge in [0, 0.05) is 11.3 Å². The molecule has 0 aliphatic rings. The van der Waals surface area contributed by atoms with Crippen molar-refractivity contribution in [3.8, 4) is 11.5 Å². The number of amides is 2. The van der Waals surface area contributed by atoms with E-state index >= 15 is 0 Å². The normalized spacial score (nSPS) is 11.9. The van der Waals surface area contributed by atoms with Gasteiger partial charge < -0.3 is 14.8 Å². The Hall–Kier alpha value is -3.35. The minimum atomic E-state index is -0.893. The van der Waals surface area contributed by atoms with Crippen LogP contribution in [0.15, 0.2) is 53.6 Å². The van der Waals surface area contributed by atoms with Crippen LogP contribution in [0.25, 0.3) is 0 Å². The summed E-state index contributed by atoms with van der Waals surface area (Å²) in [6.07, 6.45) is 2.41. The predicted molar refractivity (Wildman–Crippen MR) is 118 cm³/mol. The lowest BCUT2D eigenvalue weighted by molar-refractivity contribution is -0.134. The number of rotatable bonds is 10. The van der Waals surface area contributed by atoms with Crippen LogP contribution in [0.2, 0.25) is 0 Å². The van der Waals surface area contributed by atoms with Crippen molar-refractivity contribution in [2.24, 2.45) is 16.9 Å². The van der Waals surface area contributed by atoms with Crippen LogP contribution in [0, 0.1) is 11.8 Å². The lowest BCUT2D eigenvalue weighted by Crippen LogP contribution is -2.39. The van der Waals surface area contributed by atoms with E-state index in [0.717, 1.165) is 12.0 Å². The van der Waals surface area contributed by atoms with Crippen LogP contribution in [-0.4, -0.2) is 31.7 Å². The molecular weight excluding hydrogens is 382 g/mol. The van der Waals surface area contributed by atoms with Gasteiger partial charge >= 0.3 is 0 Å². The number of hydrazone groups is 1. The number of benzene rings is 2. The zero-order chi connectivity index (χ0) is 21.9. The highest BCUT2D eigenvalue weighted by Gasteiger charge is 2.30. The maximum absolute atomic E-state index is 12.7. The predicted octanol–water partition coefficient (Wildman–Crippen LogP) is 3.85. The number of carbonyl (C=O) groups is 2. The number of hydrogen-bond acceptors (Lipinski definition) is 5. The summed E-state index contributed by atoms with van der Waals surface area (Å²) in [5, 5.41) is 6.79. The van der Waals surface area contributed by atoms with Crippen molar-refractivity contribution in [1.82, 2.24) is 5.43 Å². The summed E-state index contributed by atoms with van der Waals surface area (Å²) in [6, 6.07) is 14.3. The molecule has 0 aromatic heterocycles. The van der Waals surface area contributed by atoms with Gasteiger partial charge in [-0.3, -0.25) is 9.59 Å². The first-order valence-corrected chi connectivity index (χ1v) is 9.96. The van der Waals surface area contributed by atoms with Crippen LogP contribution >= 0.6 is 0 Å². The number of nitrogens with one attached hydrogen (secondary N) is 2. The van der Waals surface area contributed by atoms with Gasteiger partial charge in [0.05, 0.1) is 19.9 Å². The molecule has 1 unspecified atom stereocenters. The minimum Gasteiger partial charge on any atom is -0.497 e. The Morgan fingerprint density at radius 1 is 1.07 bits per heavy atom. The molecule has 0 radical (unpaired) electrons. The molecule has 1 atom stereocenters. The van der Waals surface area contributed by atoms with E-state index in [1.54, 1.807) is 31.4 Å². The third-order valence-corrected chi connectivity index (χ3v) is 4.35. The van der Waals surface area contributed by atoms with Crippen molar-refractivity contribution in [2.75, 3.05) is 19.0 Å². The molecule has 7 heteroatoms. The number of carbonyl (C=O) groups excluding carboxylic acids is 2. The van der Waals surface area contributed by atoms with Crippen molar-refractivity contribution in [3.63, 3.8) is 0 Å². The van der Waals surface area contributed by atoms with E-state index < -0.39 is 17.7 Å². The van der Waals surface area contributed by atoms with Gasteiger partial charge in [-0.05, 0) is 48.7 Å². The maximum Gasteiger partial charge on any atom is 0.252 e.